The average Bonchev–Trinajstić information content (AvgIpc) is 2.66. The lowest BCUT2D eigenvalue weighted by Crippen LogP contribution is -1.96. The molecule has 0 saturated heterocycles. The SMILES string of the molecule is COc1cc2nccc(Oc3cccc(OC)c3OC)c2cc1OC. The first-order chi connectivity index (χ1) is 12.2. The lowest BCUT2D eigenvalue weighted by Gasteiger charge is -2.15. The van der Waals surface area contributed by atoms with E-state index in [2.05, 4.69) is 4.98 Å². The first-order valence-electron chi connectivity index (χ1n) is 7.61. The quantitative estimate of drug-likeness (QED) is 0.674. The number of methoxy groups -OCH3 is 4. The molecule has 130 valence electrons. The summed E-state index contributed by atoms with van der Waals surface area (Å²) in [6.07, 6.45) is 1.68. The maximum atomic E-state index is 6.09. The summed E-state index contributed by atoms with van der Waals surface area (Å²) in [6.45, 7) is 0. The second-order valence-electron chi connectivity index (χ2n) is 5.13. The van der Waals surface area contributed by atoms with Gasteiger partial charge in [0.1, 0.15) is 5.75 Å². The molecule has 0 bridgehead atoms. The first-order valence-corrected chi connectivity index (χ1v) is 7.61. The third-order valence-electron chi connectivity index (χ3n) is 3.79. The highest BCUT2D eigenvalue weighted by atomic mass is 16.5. The smallest absolute Gasteiger partial charge is 0.203 e. The van der Waals surface area contributed by atoms with Crippen LogP contribution in [0.5, 0.6) is 34.5 Å². The summed E-state index contributed by atoms with van der Waals surface area (Å²) in [6, 6.07) is 10.9. The fourth-order valence-corrected chi connectivity index (χ4v) is 2.59. The van der Waals surface area contributed by atoms with Gasteiger partial charge in [-0.15, -0.1) is 0 Å². The normalized spacial score (nSPS) is 10.4. The number of nitrogens with zero attached hydrogens (tertiary/aromatic N) is 1. The molecule has 0 amide bonds. The molecular formula is C19H19NO5. The molecule has 0 spiro atoms. The maximum absolute atomic E-state index is 6.09. The van der Waals surface area contributed by atoms with Crippen molar-refractivity contribution in [3.8, 4) is 34.5 Å². The van der Waals surface area contributed by atoms with E-state index in [0.717, 1.165) is 10.9 Å². The fraction of sp³-hybridized carbons (Fsp3) is 0.211. The molecule has 0 saturated carbocycles. The fourth-order valence-electron chi connectivity index (χ4n) is 2.59. The lowest BCUT2D eigenvalue weighted by atomic mass is 10.2. The first kappa shape index (κ1) is 16.7. The van der Waals surface area contributed by atoms with Crippen molar-refractivity contribution in [3.05, 3.63) is 42.6 Å². The van der Waals surface area contributed by atoms with E-state index in [1.165, 1.54) is 0 Å². The minimum atomic E-state index is 0.524. The highest BCUT2D eigenvalue weighted by Crippen LogP contribution is 2.42. The summed E-state index contributed by atoms with van der Waals surface area (Å²) in [5.41, 5.74) is 0.733. The standard InChI is InChI=1S/C19H19NO5/c1-21-15-6-5-7-16(19(15)24-4)25-14-8-9-20-13-11-18(23-3)17(22-2)10-12(13)14/h5-11H,1-4H3. The molecule has 0 fully saturated rings. The Morgan fingerprint density at radius 2 is 1.36 bits per heavy atom. The summed E-state index contributed by atoms with van der Waals surface area (Å²) in [5.74, 6) is 3.50. The number of aromatic nitrogens is 1. The van der Waals surface area contributed by atoms with Crippen LogP contribution in [0.2, 0.25) is 0 Å². The van der Waals surface area contributed by atoms with Gasteiger partial charge in [0.25, 0.3) is 0 Å². The van der Waals surface area contributed by atoms with Crippen LogP contribution in [0.1, 0.15) is 0 Å². The molecule has 0 N–H and O–H groups in total. The van der Waals surface area contributed by atoms with E-state index in [9.17, 15) is 0 Å². The highest BCUT2D eigenvalue weighted by Gasteiger charge is 2.15. The summed E-state index contributed by atoms with van der Waals surface area (Å²) in [5, 5.41) is 0.796. The topological polar surface area (TPSA) is 59.0 Å². The highest BCUT2D eigenvalue weighted by molar-refractivity contribution is 5.88. The Morgan fingerprint density at radius 1 is 0.680 bits per heavy atom. The molecule has 25 heavy (non-hydrogen) atoms. The van der Waals surface area contributed by atoms with Crippen molar-refractivity contribution in [2.24, 2.45) is 0 Å². The predicted octanol–water partition coefficient (Wildman–Crippen LogP) is 4.06. The van der Waals surface area contributed by atoms with E-state index in [0.29, 0.717) is 34.5 Å². The molecule has 0 unspecified atom stereocenters. The van der Waals surface area contributed by atoms with Crippen LogP contribution in [-0.4, -0.2) is 33.4 Å². The predicted molar refractivity (Wildman–Crippen MR) is 94.5 cm³/mol. The van der Waals surface area contributed by atoms with Gasteiger partial charge in [-0.3, -0.25) is 4.98 Å². The number of hydrogen-bond acceptors (Lipinski definition) is 6. The third-order valence-corrected chi connectivity index (χ3v) is 3.79. The molecule has 0 aliphatic heterocycles. The largest absolute Gasteiger partial charge is 0.493 e. The van der Waals surface area contributed by atoms with Crippen LogP contribution < -0.4 is 23.7 Å². The maximum Gasteiger partial charge on any atom is 0.203 e. The molecule has 0 radical (unpaired) electrons. The van der Waals surface area contributed by atoms with Gasteiger partial charge in [-0.25, -0.2) is 0 Å². The number of rotatable bonds is 6. The summed E-state index contributed by atoms with van der Waals surface area (Å²) in [7, 11) is 6.33. The van der Waals surface area contributed by atoms with Gasteiger partial charge in [0.15, 0.2) is 23.0 Å². The van der Waals surface area contributed by atoms with E-state index in [4.69, 9.17) is 23.7 Å². The van der Waals surface area contributed by atoms with Crippen LogP contribution in [0.4, 0.5) is 0 Å². The van der Waals surface area contributed by atoms with Crippen LogP contribution in [-0.2, 0) is 0 Å². The van der Waals surface area contributed by atoms with Crippen LogP contribution >= 0.6 is 0 Å². The second-order valence-corrected chi connectivity index (χ2v) is 5.13. The van der Waals surface area contributed by atoms with Crippen LogP contribution in [0.25, 0.3) is 10.9 Å². The van der Waals surface area contributed by atoms with Crippen LogP contribution in [0, 0.1) is 0 Å². The average molecular weight is 341 g/mol. The molecule has 6 nitrogen and oxygen atoms in total. The van der Waals surface area contributed by atoms with Crippen LogP contribution in [0.3, 0.4) is 0 Å². The molecule has 0 atom stereocenters. The molecule has 0 aliphatic rings. The van der Waals surface area contributed by atoms with Gasteiger partial charge in [-0.05, 0) is 24.3 Å². The lowest BCUT2D eigenvalue weighted by molar-refractivity contribution is 0.337. The number of hydrogen-bond donors (Lipinski definition) is 0. The van der Waals surface area contributed by atoms with Crippen molar-refractivity contribution in [2.75, 3.05) is 28.4 Å². The van der Waals surface area contributed by atoms with Gasteiger partial charge in [0.05, 0.1) is 34.0 Å². The Bertz CT molecular complexity index is 894. The molecule has 2 aromatic carbocycles. The zero-order valence-corrected chi connectivity index (χ0v) is 14.5. The van der Waals surface area contributed by atoms with Gasteiger partial charge in [0, 0.05) is 17.6 Å². The van der Waals surface area contributed by atoms with E-state index in [-0.39, 0.29) is 0 Å². The van der Waals surface area contributed by atoms with Crippen molar-refractivity contribution in [1.29, 1.82) is 0 Å². The van der Waals surface area contributed by atoms with E-state index < -0.39 is 0 Å². The Hall–Kier alpha value is -3.15. The monoisotopic (exact) mass is 341 g/mol. The molecule has 6 heteroatoms. The minimum absolute atomic E-state index is 0.524. The van der Waals surface area contributed by atoms with Gasteiger partial charge < -0.3 is 23.7 Å². The molecular weight excluding hydrogens is 322 g/mol. The van der Waals surface area contributed by atoms with Crippen molar-refractivity contribution in [2.45, 2.75) is 0 Å². The van der Waals surface area contributed by atoms with Crippen molar-refractivity contribution in [1.82, 2.24) is 4.98 Å². The Balaban J connectivity index is 2.11. The zero-order valence-electron chi connectivity index (χ0n) is 14.5. The van der Waals surface area contributed by atoms with Crippen molar-refractivity contribution < 1.29 is 23.7 Å². The summed E-state index contributed by atoms with van der Waals surface area (Å²) < 4.78 is 27.5. The Morgan fingerprint density at radius 3 is 2.04 bits per heavy atom. The van der Waals surface area contributed by atoms with E-state index >= 15 is 0 Å². The number of ether oxygens (including phenoxy) is 5. The molecule has 1 aromatic heterocycles. The third kappa shape index (κ3) is 3.10. The Labute approximate surface area is 145 Å². The molecule has 1 heterocycles. The van der Waals surface area contributed by atoms with Crippen LogP contribution in [0.15, 0.2) is 42.6 Å². The second kappa shape index (κ2) is 7.17. The summed E-state index contributed by atoms with van der Waals surface area (Å²) in [4.78, 5) is 4.37. The number of pyridine rings is 1. The minimum Gasteiger partial charge on any atom is -0.493 e. The number of benzene rings is 2. The van der Waals surface area contributed by atoms with Gasteiger partial charge in [-0.1, -0.05) is 6.07 Å². The zero-order chi connectivity index (χ0) is 17.8. The summed E-state index contributed by atoms with van der Waals surface area (Å²) >= 11 is 0. The molecule has 3 aromatic rings. The number of fused-ring (bicyclic) bond motifs is 1. The van der Waals surface area contributed by atoms with E-state index in [1.807, 2.05) is 30.3 Å². The Kier molecular flexibility index (Phi) is 4.79. The van der Waals surface area contributed by atoms with Gasteiger partial charge >= 0.3 is 0 Å². The van der Waals surface area contributed by atoms with Gasteiger partial charge in [0.2, 0.25) is 5.75 Å². The van der Waals surface area contributed by atoms with Crippen molar-refractivity contribution in [3.63, 3.8) is 0 Å². The van der Waals surface area contributed by atoms with Gasteiger partial charge in [-0.2, -0.15) is 0 Å². The number of para-hydroxylation sites is 1. The molecule has 0 aliphatic carbocycles. The molecule has 3 rings (SSSR count). The van der Waals surface area contributed by atoms with Crippen molar-refractivity contribution >= 4 is 10.9 Å². The van der Waals surface area contributed by atoms with E-state index in [1.54, 1.807) is 40.7 Å².